The molecule has 0 bridgehead atoms. The number of carbonyl (C=O) groups is 1. The van der Waals surface area contributed by atoms with Crippen molar-refractivity contribution in [2.75, 3.05) is 5.73 Å². The summed E-state index contributed by atoms with van der Waals surface area (Å²) in [6.07, 6.45) is 0. The van der Waals surface area contributed by atoms with Crippen LogP contribution in [-0.4, -0.2) is 15.8 Å². The van der Waals surface area contributed by atoms with Gasteiger partial charge in [-0.1, -0.05) is 0 Å². The van der Waals surface area contributed by atoms with E-state index in [-0.39, 0.29) is 10.6 Å². The van der Waals surface area contributed by atoms with Gasteiger partial charge in [0.15, 0.2) is 0 Å². The molecular weight excluding hydrogens is 316 g/mol. The van der Waals surface area contributed by atoms with E-state index in [4.69, 9.17) is 11.5 Å². The zero-order chi connectivity index (χ0) is 16.7. The van der Waals surface area contributed by atoms with Crippen LogP contribution in [0.5, 0.6) is 0 Å². The number of nitrogens with two attached hydrogens (primary N) is 2. The molecule has 3 aromatic rings. The minimum Gasteiger partial charge on any atom is -0.397 e. The van der Waals surface area contributed by atoms with Gasteiger partial charge in [0, 0.05) is 23.2 Å². The molecule has 4 N–H and O–H groups in total. The molecule has 7 nitrogen and oxygen atoms in total. The molecule has 0 atom stereocenters. The molecule has 116 valence electrons. The maximum absolute atomic E-state index is 11.5. The summed E-state index contributed by atoms with van der Waals surface area (Å²) in [6.45, 7) is 1.83. The summed E-state index contributed by atoms with van der Waals surface area (Å²) in [7, 11) is 0. The zero-order valence-corrected chi connectivity index (χ0v) is 12.9. The lowest BCUT2D eigenvalue weighted by atomic mass is 10.0. The zero-order valence-electron chi connectivity index (χ0n) is 12.1. The number of nitro groups is 1. The third-order valence-electron chi connectivity index (χ3n) is 3.44. The quantitative estimate of drug-likeness (QED) is 0.565. The smallest absolute Gasteiger partial charge is 0.269 e. The van der Waals surface area contributed by atoms with Gasteiger partial charge in [0.2, 0.25) is 0 Å². The molecule has 0 spiro atoms. The van der Waals surface area contributed by atoms with E-state index in [1.165, 1.54) is 12.1 Å². The van der Waals surface area contributed by atoms with Gasteiger partial charge < -0.3 is 11.5 Å². The molecule has 1 amide bonds. The molecule has 23 heavy (non-hydrogen) atoms. The first-order valence-electron chi connectivity index (χ1n) is 6.62. The number of aromatic nitrogens is 1. The fourth-order valence-corrected chi connectivity index (χ4v) is 3.43. The van der Waals surface area contributed by atoms with Crippen LogP contribution in [0.2, 0.25) is 0 Å². The predicted octanol–water partition coefficient (Wildman–Crippen LogP) is 2.86. The average Bonchev–Trinajstić information content (AvgIpc) is 2.83. The monoisotopic (exact) mass is 328 g/mol. The number of aryl methyl sites for hydroxylation is 1. The highest BCUT2D eigenvalue weighted by Crippen LogP contribution is 2.39. The Morgan fingerprint density at radius 2 is 1.96 bits per heavy atom. The molecular formula is C15H12N4O3S. The Morgan fingerprint density at radius 1 is 1.30 bits per heavy atom. The van der Waals surface area contributed by atoms with Gasteiger partial charge in [-0.25, -0.2) is 4.98 Å². The Balaban J connectivity index is 2.27. The van der Waals surface area contributed by atoms with Gasteiger partial charge in [-0.15, -0.1) is 11.3 Å². The van der Waals surface area contributed by atoms with Crippen LogP contribution in [0.1, 0.15) is 15.4 Å². The van der Waals surface area contributed by atoms with E-state index in [1.54, 1.807) is 12.1 Å². The number of primary amides is 1. The van der Waals surface area contributed by atoms with E-state index in [9.17, 15) is 14.9 Å². The van der Waals surface area contributed by atoms with Gasteiger partial charge in [0.05, 0.1) is 10.6 Å². The molecule has 1 aromatic carbocycles. The third kappa shape index (κ3) is 2.49. The second-order valence-corrected chi connectivity index (χ2v) is 6.00. The van der Waals surface area contributed by atoms with Gasteiger partial charge in [0.1, 0.15) is 9.71 Å². The molecule has 0 saturated heterocycles. The van der Waals surface area contributed by atoms with Crippen molar-refractivity contribution in [2.24, 2.45) is 5.73 Å². The minimum absolute atomic E-state index is 0.00638. The van der Waals surface area contributed by atoms with Crippen molar-refractivity contribution in [3.05, 3.63) is 51.0 Å². The van der Waals surface area contributed by atoms with Gasteiger partial charge in [-0.05, 0) is 36.2 Å². The van der Waals surface area contributed by atoms with Crippen molar-refractivity contribution >= 4 is 38.8 Å². The van der Waals surface area contributed by atoms with Crippen molar-refractivity contribution in [3.8, 4) is 11.1 Å². The number of rotatable bonds is 3. The Hall–Kier alpha value is -3.00. The number of thiophene rings is 1. The van der Waals surface area contributed by atoms with Crippen LogP contribution in [-0.2, 0) is 0 Å². The number of benzene rings is 1. The molecule has 0 radical (unpaired) electrons. The van der Waals surface area contributed by atoms with E-state index in [2.05, 4.69) is 4.98 Å². The second kappa shape index (κ2) is 5.33. The minimum atomic E-state index is -0.599. The molecule has 0 fully saturated rings. The van der Waals surface area contributed by atoms with E-state index >= 15 is 0 Å². The molecule has 0 aliphatic rings. The fourth-order valence-electron chi connectivity index (χ4n) is 2.42. The fraction of sp³-hybridized carbons (Fsp3) is 0.0667. The first-order chi connectivity index (χ1) is 10.9. The van der Waals surface area contributed by atoms with Crippen molar-refractivity contribution < 1.29 is 9.72 Å². The number of carbonyl (C=O) groups excluding carboxylic acids is 1. The van der Waals surface area contributed by atoms with Gasteiger partial charge in [0.25, 0.3) is 11.6 Å². The number of pyridine rings is 1. The highest BCUT2D eigenvalue weighted by atomic mass is 32.1. The van der Waals surface area contributed by atoms with Crippen LogP contribution in [0.3, 0.4) is 0 Å². The van der Waals surface area contributed by atoms with Crippen molar-refractivity contribution in [2.45, 2.75) is 6.92 Å². The molecule has 0 unspecified atom stereocenters. The highest BCUT2D eigenvalue weighted by Gasteiger charge is 2.19. The maximum atomic E-state index is 11.5. The van der Waals surface area contributed by atoms with Crippen LogP contribution in [0, 0.1) is 17.0 Å². The van der Waals surface area contributed by atoms with E-state index in [0.29, 0.717) is 15.9 Å². The van der Waals surface area contributed by atoms with Crippen LogP contribution >= 0.6 is 11.3 Å². The molecule has 3 rings (SSSR count). The standard InChI is InChI=1S/C15H12N4O3S/c1-7-6-10(8-2-4-9(5-3-8)19(21)22)11-12(16)13(14(17)20)23-15(11)18-7/h2-6H,16H2,1H3,(H2,17,20). The summed E-state index contributed by atoms with van der Waals surface area (Å²) in [5.74, 6) is -0.599. The number of amides is 1. The number of nitrogen functional groups attached to an aromatic ring is 1. The molecule has 2 aromatic heterocycles. The molecule has 0 aliphatic carbocycles. The second-order valence-electron chi connectivity index (χ2n) is 5.00. The number of non-ortho nitro benzene ring substituents is 1. The topological polar surface area (TPSA) is 125 Å². The number of anilines is 1. The lowest BCUT2D eigenvalue weighted by molar-refractivity contribution is -0.384. The van der Waals surface area contributed by atoms with Crippen molar-refractivity contribution in [3.63, 3.8) is 0 Å². The van der Waals surface area contributed by atoms with Gasteiger partial charge in [-0.2, -0.15) is 0 Å². The Labute approximate surface area is 134 Å². The highest BCUT2D eigenvalue weighted by molar-refractivity contribution is 7.21. The average molecular weight is 328 g/mol. The van der Waals surface area contributed by atoms with Gasteiger partial charge >= 0.3 is 0 Å². The van der Waals surface area contributed by atoms with Crippen molar-refractivity contribution in [1.29, 1.82) is 0 Å². The number of fused-ring (bicyclic) bond motifs is 1. The van der Waals surface area contributed by atoms with Crippen LogP contribution < -0.4 is 11.5 Å². The summed E-state index contributed by atoms with van der Waals surface area (Å²) in [5.41, 5.74) is 14.0. The maximum Gasteiger partial charge on any atom is 0.269 e. The summed E-state index contributed by atoms with van der Waals surface area (Å²) in [6, 6.07) is 7.97. The number of hydrogen-bond donors (Lipinski definition) is 2. The summed E-state index contributed by atoms with van der Waals surface area (Å²) < 4.78 is 0. The summed E-state index contributed by atoms with van der Waals surface area (Å²) in [5, 5.41) is 11.4. The summed E-state index contributed by atoms with van der Waals surface area (Å²) in [4.78, 5) is 27.1. The van der Waals surface area contributed by atoms with E-state index in [1.807, 2.05) is 13.0 Å². The van der Waals surface area contributed by atoms with Gasteiger partial charge in [-0.3, -0.25) is 14.9 Å². The first kappa shape index (κ1) is 14.9. The lowest BCUT2D eigenvalue weighted by Gasteiger charge is -2.06. The molecule has 8 heteroatoms. The Morgan fingerprint density at radius 3 is 2.52 bits per heavy atom. The SMILES string of the molecule is Cc1cc(-c2ccc([N+](=O)[O-])cc2)c2c(N)c(C(N)=O)sc2n1. The number of hydrogen-bond acceptors (Lipinski definition) is 6. The normalized spacial score (nSPS) is 10.8. The first-order valence-corrected chi connectivity index (χ1v) is 7.44. The molecule has 0 saturated carbocycles. The molecule has 2 heterocycles. The largest absolute Gasteiger partial charge is 0.397 e. The van der Waals surface area contributed by atoms with E-state index < -0.39 is 10.8 Å². The Bertz CT molecular complexity index is 948. The van der Waals surface area contributed by atoms with Crippen LogP contribution in [0.15, 0.2) is 30.3 Å². The third-order valence-corrected chi connectivity index (χ3v) is 4.55. The number of nitrogens with zero attached hydrogens (tertiary/aromatic N) is 2. The van der Waals surface area contributed by atoms with E-state index in [0.717, 1.165) is 28.2 Å². The van der Waals surface area contributed by atoms with Crippen LogP contribution in [0.4, 0.5) is 11.4 Å². The number of nitro benzene ring substituents is 1. The predicted molar refractivity (Wildman–Crippen MR) is 89.4 cm³/mol. The molecule has 0 aliphatic heterocycles. The lowest BCUT2D eigenvalue weighted by Crippen LogP contribution is -2.10. The van der Waals surface area contributed by atoms with Crippen LogP contribution in [0.25, 0.3) is 21.3 Å². The summed E-state index contributed by atoms with van der Waals surface area (Å²) >= 11 is 1.14. The van der Waals surface area contributed by atoms with Crippen molar-refractivity contribution in [1.82, 2.24) is 4.98 Å². The Kier molecular flexibility index (Phi) is 3.45.